The first-order valence-electron chi connectivity index (χ1n) is 20.9. The molecule has 0 bridgehead atoms. The van der Waals surface area contributed by atoms with Crippen LogP contribution >= 0.6 is 11.8 Å². The maximum atomic E-state index is 12.9. The summed E-state index contributed by atoms with van der Waals surface area (Å²) < 4.78 is 19.0. The zero-order valence-electron chi connectivity index (χ0n) is 35.6. The highest BCUT2D eigenvalue weighted by molar-refractivity contribution is 8.00. The van der Waals surface area contributed by atoms with E-state index in [1.165, 1.54) is 0 Å². The van der Waals surface area contributed by atoms with Gasteiger partial charge in [0.2, 0.25) is 23.7 Å². The Labute approximate surface area is 365 Å². The molecule has 20 nitrogen and oxygen atoms in total. The number of nitrogens with two attached hydrogens (primary N) is 2. The lowest BCUT2D eigenvalue weighted by molar-refractivity contribution is -0.139. The molecule has 0 spiro atoms. The van der Waals surface area contributed by atoms with Gasteiger partial charge in [-0.25, -0.2) is 4.98 Å². The lowest BCUT2D eigenvalue weighted by Crippen LogP contribution is -2.48. The Morgan fingerprint density at radius 3 is 2.32 bits per heavy atom. The monoisotopic (exact) mass is 886 g/mol. The molecule has 2 atom stereocenters. The molecule has 1 saturated heterocycles. The fourth-order valence-electron chi connectivity index (χ4n) is 6.63. The first kappa shape index (κ1) is 49.4. The average molecular weight is 887 g/mol. The number of carbonyl (C=O) groups excluding carboxylic acids is 3. The highest BCUT2D eigenvalue weighted by atomic mass is 32.2. The molecule has 2 aromatic heterocycles. The van der Waals surface area contributed by atoms with Crippen LogP contribution in [-0.2, 0) is 46.5 Å². The van der Waals surface area contributed by atoms with Crippen molar-refractivity contribution < 1.29 is 48.4 Å². The summed E-state index contributed by atoms with van der Waals surface area (Å²) in [4.78, 5) is 72.4. The van der Waals surface area contributed by atoms with Crippen LogP contribution in [0.2, 0.25) is 0 Å². The van der Waals surface area contributed by atoms with Crippen LogP contribution in [0, 0.1) is 0 Å². The molecule has 9 N–H and O–H groups in total. The van der Waals surface area contributed by atoms with E-state index in [0.717, 1.165) is 90.9 Å². The van der Waals surface area contributed by atoms with E-state index >= 15 is 0 Å². The first-order chi connectivity index (χ1) is 29.9. The number of carboxylic acid groups (broad SMARTS) is 2. The standard InChI is InChI=1S/C41H62N10O10S/c1-3-4-5-11-46-38-37-31(47-41(43)48-38)9-14-51(37)26-29-7-6-28(23-32(29)59-2)25-49-15-17-50(18-16-49)36(54)10-19-60-21-22-61-20-13-45-34(52)8-12-44-35(53)24-33(40(57)58)62-27-30(42)39(55)56/h6-7,9,14,23,30,33H,3-5,8,10-13,15-22,24-27,42H2,1-2H3,(H,44,53)(H,45,52)(H,55,56)(H,57,58)(H3,43,46,47,48)/t30-,33-/m0/s1. The molecule has 4 rings (SSSR count). The summed E-state index contributed by atoms with van der Waals surface area (Å²) in [5, 5.41) is 25.6. The predicted molar refractivity (Wildman–Crippen MR) is 235 cm³/mol. The normalized spacial score (nSPS) is 14.0. The quantitative estimate of drug-likeness (QED) is 0.0485. The minimum absolute atomic E-state index is 0.00497. The number of unbranched alkanes of at least 4 members (excludes halogenated alkanes) is 2. The van der Waals surface area contributed by atoms with E-state index in [2.05, 4.69) is 60.5 Å². The van der Waals surface area contributed by atoms with E-state index in [-0.39, 0.29) is 75.7 Å². The van der Waals surface area contributed by atoms with Gasteiger partial charge in [0.15, 0.2) is 5.82 Å². The van der Waals surface area contributed by atoms with Crippen molar-refractivity contribution >= 4 is 64.2 Å². The number of nitrogen functional groups attached to an aromatic ring is 1. The highest BCUT2D eigenvalue weighted by Gasteiger charge is 2.25. The minimum Gasteiger partial charge on any atom is -0.496 e. The Bertz CT molecular complexity index is 1930. The van der Waals surface area contributed by atoms with Gasteiger partial charge in [0, 0.05) is 82.7 Å². The number of carboxylic acids is 2. The molecule has 21 heteroatoms. The summed E-state index contributed by atoms with van der Waals surface area (Å²) in [5.74, 6) is -1.77. The molecule has 1 aromatic carbocycles. The first-order valence-corrected chi connectivity index (χ1v) is 22.0. The summed E-state index contributed by atoms with van der Waals surface area (Å²) in [6.45, 7) is 8.42. The topological polar surface area (TPSA) is 279 Å². The van der Waals surface area contributed by atoms with Crippen LogP contribution in [0.3, 0.4) is 0 Å². The number of thioether (sulfide) groups is 1. The van der Waals surface area contributed by atoms with Crippen molar-refractivity contribution in [3.63, 3.8) is 0 Å². The molecular weight excluding hydrogens is 825 g/mol. The third kappa shape index (κ3) is 16.6. The average Bonchev–Trinajstić information content (AvgIpc) is 3.65. The number of amides is 3. The second kappa shape index (κ2) is 26.3. The number of fused-ring (bicyclic) bond motifs is 1. The molecule has 3 amide bonds. The van der Waals surface area contributed by atoms with Crippen LogP contribution in [0.15, 0.2) is 30.5 Å². The summed E-state index contributed by atoms with van der Waals surface area (Å²) in [6.07, 6.45) is 5.18. The number of ether oxygens (including phenoxy) is 3. The van der Waals surface area contributed by atoms with Crippen molar-refractivity contribution in [3.8, 4) is 5.75 Å². The van der Waals surface area contributed by atoms with Gasteiger partial charge in [0.1, 0.15) is 22.6 Å². The maximum Gasteiger partial charge on any atom is 0.321 e. The molecule has 3 aromatic rings. The fraction of sp³-hybridized carbons (Fsp3) is 0.585. The number of methoxy groups -OCH3 is 1. The molecular formula is C41H62N10O10S. The van der Waals surface area contributed by atoms with Gasteiger partial charge in [-0.1, -0.05) is 31.9 Å². The second-order valence-electron chi connectivity index (χ2n) is 14.8. The molecule has 1 fully saturated rings. The summed E-state index contributed by atoms with van der Waals surface area (Å²) >= 11 is 0.772. The van der Waals surface area contributed by atoms with E-state index in [1.54, 1.807) is 7.11 Å². The number of aliphatic carboxylic acids is 2. The van der Waals surface area contributed by atoms with E-state index in [1.807, 2.05) is 17.2 Å². The number of nitrogens with one attached hydrogen (secondary N) is 3. The van der Waals surface area contributed by atoms with Crippen molar-refractivity contribution in [1.82, 2.24) is 35.0 Å². The smallest absolute Gasteiger partial charge is 0.321 e. The van der Waals surface area contributed by atoms with Crippen LogP contribution < -0.4 is 32.2 Å². The number of rotatable bonds is 29. The fourth-order valence-corrected chi connectivity index (χ4v) is 7.63. The van der Waals surface area contributed by atoms with Gasteiger partial charge < -0.3 is 61.3 Å². The minimum atomic E-state index is -1.26. The number of hydrogen-bond donors (Lipinski definition) is 7. The second-order valence-corrected chi connectivity index (χ2v) is 16.0. The number of anilines is 2. The molecule has 0 saturated carbocycles. The molecule has 1 aliphatic rings. The van der Waals surface area contributed by atoms with E-state index in [9.17, 15) is 29.1 Å². The summed E-state index contributed by atoms with van der Waals surface area (Å²) in [7, 11) is 1.68. The molecule has 1 aliphatic heterocycles. The lowest BCUT2D eigenvalue weighted by Gasteiger charge is -2.35. The van der Waals surface area contributed by atoms with Gasteiger partial charge in [-0.15, -0.1) is 11.8 Å². The zero-order chi connectivity index (χ0) is 44.9. The van der Waals surface area contributed by atoms with Crippen LogP contribution in [0.4, 0.5) is 11.8 Å². The number of piperazine rings is 1. The Hall–Kier alpha value is -5.22. The van der Waals surface area contributed by atoms with Gasteiger partial charge in [-0.3, -0.25) is 28.9 Å². The van der Waals surface area contributed by atoms with Crippen molar-refractivity contribution in [2.75, 3.05) is 96.2 Å². The maximum absolute atomic E-state index is 12.9. The molecule has 0 aliphatic carbocycles. The number of nitrogens with zero attached hydrogens (tertiary/aromatic N) is 5. The Morgan fingerprint density at radius 1 is 0.871 bits per heavy atom. The van der Waals surface area contributed by atoms with E-state index in [0.29, 0.717) is 26.2 Å². The summed E-state index contributed by atoms with van der Waals surface area (Å²) in [5.41, 5.74) is 15.2. The molecule has 342 valence electrons. The molecule has 62 heavy (non-hydrogen) atoms. The van der Waals surface area contributed by atoms with E-state index in [4.69, 9.17) is 30.8 Å². The van der Waals surface area contributed by atoms with Crippen molar-refractivity contribution in [2.24, 2.45) is 5.73 Å². The SMILES string of the molecule is CCCCCNc1nc(N)nc2ccn(Cc3ccc(CN4CCN(C(=O)CCOCCOCCNC(=O)CCNC(=O)C[C@H](SC[C@H](N)C(=O)O)C(=O)O)CC4)cc3OC)c12. The van der Waals surface area contributed by atoms with Crippen molar-refractivity contribution in [2.45, 2.75) is 69.8 Å². The largest absolute Gasteiger partial charge is 0.496 e. The number of hydrogen-bond acceptors (Lipinski definition) is 15. The van der Waals surface area contributed by atoms with Gasteiger partial charge in [0.05, 0.1) is 52.0 Å². The number of aromatic nitrogens is 3. The number of carbonyl (C=O) groups is 5. The van der Waals surface area contributed by atoms with Gasteiger partial charge in [0.25, 0.3) is 0 Å². The highest BCUT2D eigenvalue weighted by Crippen LogP contribution is 2.28. The lowest BCUT2D eigenvalue weighted by atomic mass is 10.1. The third-order valence-corrected chi connectivity index (χ3v) is 11.4. The van der Waals surface area contributed by atoms with Crippen molar-refractivity contribution in [1.29, 1.82) is 0 Å². The zero-order valence-corrected chi connectivity index (χ0v) is 36.5. The number of benzene rings is 1. The Kier molecular flexibility index (Phi) is 21.0. The van der Waals surface area contributed by atoms with Crippen LogP contribution in [0.5, 0.6) is 5.75 Å². The molecule has 0 radical (unpaired) electrons. The third-order valence-electron chi connectivity index (χ3n) is 10.0. The van der Waals surface area contributed by atoms with Crippen LogP contribution in [0.25, 0.3) is 11.0 Å². The van der Waals surface area contributed by atoms with Crippen molar-refractivity contribution in [3.05, 3.63) is 41.6 Å². The van der Waals surface area contributed by atoms with Gasteiger partial charge in [-0.05, 0) is 24.1 Å². The Balaban J connectivity index is 1.05. The van der Waals surface area contributed by atoms with Crippen LogP contribution in [-0.4, -0.2) is 161 Å². The molecule has 3 heterocycles. The molecule has 0 unspecified atom stereocenters. The van der Waals surface area contributed by atoms with Gasteiger partial charge in [-0.2, -0.15) is 4.98 Å². The predicted octanol–water partition coefficient (Wildman–Crippen LogP) is 1.35. The Morgan fingerprint density at radius 2 is 1.61 bits per heavy atom. The van der Waals surface area contributed by atoms with Gasteiger partial charge >= 0.3 is 11.9 Å². The van der Waals surface area contributed by atoms with E-state index < -0.39 is 29.1 Å². The summed E-state index contributed by atoms with van der Waals surface area (Å²) in [6, 6.07) is 7.01. The van der Waals surface area contributed by atoms with Crippen LogP contribution in [0.1, 0.15) is 56.6 Å².